The van der Waals surface area contributed by atoms with Gasteiger partial charge in [-0.2, -0.15) is 0 Å². The van der Waals surface area contributed by atoms with Crippen LogP contribution in [0, 0.1) is 5.82 Å². The maximum absolute atomic E-state index is 14.0. The second-order valence-corrected chi connectivity index (χ2v) is 7.38. The summed E-state index contributed by atoms with van der Waals surface area (Å²) in [6.45, 7) is 3.35. The summed E-state index contributed by atoms with van der Waals surface area (Å²) in [5.41, 5.74) is 1.98. The first-order valence-corrected chi connectivity index (χ1v) is 9.72. The summed E-state index contributed by atoms with van der Waals surface area (Å²) in [5.74, 6) is -0.945. The third-order valence-corrected chi connectivity index (χ3v) is 5.49. The molecule has 0 radical (unpaired) electrons. The van der Waals surface area contributed by atoms with Gasteiger partial charge in [0.2, 0.25) is 0 Å². The van der Waals surface area contributed by atoms with Crippen LogP contribution < -0.4 is 4.90 Å². The van der Waals surface area contributed by atoms with E-state index in [9.17, 15) is 14.0 Å². The Hall–Kier alpha value is -2.99. The lowest BCUT2D eigenvalue weighted by Crippen LogP contribution is -2.49. The van der Waals surface area contributed by atoms with Gasteiger partial charge in [-0.25, -0.2) is 4.39 Å². The summed E-state index contributed by atoms with van der Waals surface area (Å²) in [6, 6.07) is 11.3. The number of fused-ring (bicyclic) bond motifs is 1. The predicted octanol–water partition coefficient (Wildman–Crippen LogP) is 4.19. The average molecular weight is 412 g/mol. The molecule has 1 aromatic heterocycles. The molecule has 1 amide bonds. The van der Waals surface area contributed by atoms with Crippen molar-refractivity contribution in [1.29, 1.82) is 0 Å². The first-order valence-electron chi connectivity index (χ1n) is 9.34. The summed E-state index contributed by atoms with van der Waals surface area (Å²) in [7, 11) is 0. The highest BCUT2D eigenvalue weighted by atomic mass is 35.5. The second-order valence-electron chi connectivity index (χ2n) is 6.97. The molecule has 0 unspecified atom stereocenters. The van der Waals surface area contributed by atoms with Gasteiger partial charge in [0.15, 0.2) is 5.78 Å². The van der Waals surface area contributed by atoms with Crippen molar-refractivity contribution in [1.82, 2.24) is 9.88 Å². The molecule has 0 bridgehead atoms. The third kappa shape index (κ3) is 3.56. The number of hydrogen-bond donors (Lipinski definition) is 0. The first kappa shape index (κ1) is 19.3. The molecule has 148 valence electrons. The van der Waals surface area contributed by atoms with E-state index < -0.39 is 5.82 Å². The third-order valence-electron chi connectivity index (χ3n) is 5.18. The molecule has 5 nitrogen and oxygen atoms in total. The fraction of sp³-hybridized carbons (Fsp3) is 0.227. The van der Waals surface area contributed by atoms with E-state index in [2.05, 4.69) is 4.98 Å². The molecule has 4 rings (SSSR count). The Labute approximate surface area is 172 Å². The highest BCUT2D eigenvalue weighted by Crippen LogP contribution is 2.35. The van der Waals surface area contributed by atoms with E-state index in [0.717, 1.165) is 11.1 Å². The van der Waals surface area contributed by atoms with Crippen LogP contribution in [0.5, 0.6) is 0 Å². The van der Waals surface area contributed by atoms with Gasteiger partial charge in [0.1, 0.15) is 5.82 Å². The van der Waals surface area contributed by atoms with E-state index in [1.165, 1.54) is 19.1 Å². The minimum absolute atomic E-state index is 0.0731. The van der Waals surface area contributed by atoms with E-state index >= 15 is 0 Å². The Morgan fingerprint density at radius 1 is 1.03 bits per heavy atom. The van der Waals surface area contributed by atoms with Gasteiger partial charge in [-0.15, -0.1) is 0 Å². The van der Waals surface area contributed by atoms with Gasteiger partial charge in [0.05, 0.1) is 21.8 Å². The molecule has 29 heavy (non-hydrogen) atoms. The van der Waals surface area contributed by atoms with Crippen LogP contribution in [0.3, 0.4) is 0 Å². The number of halogens is 2. The lowest BCUT2D eigenvalue weighted by molar-refractivity contribution is 0.0741. The molecule has 1 aliphatic heterocycles. The Kier molecular flexibility index (Phi) is 5.20. The molecule has 0 saturated carbocycles. The molecule has 7 heteroatoms. The second kappa shape index (κ2) is 7.79. The van der Waals surface area contributed by atoms with E-state index in [1.54, 1.807) is 35.4 Å². The number of hydrogen-bond acceptors (Lipinski definition) is 4. The zero-order valence-electron chi connectivity index (χ0n) is 15.9. The molecule has 1 aliphatic rings. The quantitative estimate of drug-likeness (QED) is 0.606. The summed E-state index contributed by atoms with van der Waals surface area (Å²) in [4.78, 5) is 33.1. The number of ketones is 1. The van der Waals surface area contributed by atoms with Gasteiger partial charge in [0, 0.05) is 43.3 Å². The van der Waals surface area contributed by atoms with E-state index in [4.69, 9.17) is 11.6 Å². The molecule has 0 N–H and O–H groups in total. The molecule has 0 atom stereocenters. The van der Waals surface area contributed by atoms with Crippen molar-refractivity contribution < 1.29 is 14.0 Å². The van der Waals surface area contributed by atoms with Gasteiger partial charge in [-0.1, -0.05) is 23.7 Å². The largest absolute Gasteiger partial charge is 0.366 e. The molecule has 1 saturated heterocycles. The Bertz CT molecular complexity index is 1110. The van der Waals surface area contributed by atoms with Crippen LogP contribution in [0.2, 0.25) is 5.02 Å². The average Bonchev–Trinajstić information content (AvgIpc) is 2.74. The molecule has 1 fully saturated rings. The lowest BCUT2D eigenvalue weighted by Gasteiger charge is -2.37. The van der Waals surface area contributed by atoms with Crippen LogP contribution in [0.25, 0.3) is 10.9 Å². The smallest absolute Gasteiger partial charge is 0.256 e. The molecule has 0 spiro atoms. The highest BCUT2D eigenvalue weighted by molar-refractivity contribution is 6.36. The highest BCUT2D eigenvalue weighted by Gasteiger charge is 2.27. The van der Waals surface area contributed by atoms with Crippen molar-refractivity contribution in [3.8, 4) is 0 Å². The summed E-state index contributed by atoms with van der Waals surface area (Å²) < 4.78 is 14.0. The molecule has 3 aromatic rings. The number of Topliss-reactive ketones (excluding diaryl/α,β-unsaturated/α-hetero) is 1. The number of piperazine rings is 1. The topological polar surface area (TPSA) is 53.5 Å². The summed E-state index contributed by atoms with van der Waals surface area (Å²) >= 11 is 6.37. The number of amides is 1. The van der Waals surface area contributed by atoms with Crippen LogP contribution in [0.1, 0.15) is 27.6 Å². The van der Waals surface area contributed by atoms with Crippen molar-refractivity contribution in [3.05, 3.63) is 70.6 Å². The monoisotopic (exact) mass is 411 g/mol. The number of rotatable bonds is 3. The fourth-order valence-corrected chi connectivity index (χ4v) is 3.98. The van der Waals surface area contributed by atoms with Crippen molar-refractivity contribution in [3.63, 3.8) is 0 Å². The van der Waals surface area contributed by atoms with Gasteiger partial charge in [-0.05, 0) is 37.3 Å². The Morgan fingerprint density at radius 2 is 1.76 bits per heavy atom. The zero-order chi connectivity index (χ0) is 20.5. The number of nitrogens with zero attached hydrogens (tertiary/aromatic N) is 3. The Balaban J connectivity index is 1.64. The SMILES string of the molecule is CC(=O)c1cc(Cl)c2cccnc2c1N1CCN(C(=O)c2ccccc2F)CC1. The van der Waals surface area contributed by atoms with Gasteiger partial charge in [0.25, 0.3) is 5.91 Å². The van der Waals surface area contributed by atoms with E-state index in [-0.39, 0.29) is 17.3 Å². The minimum Gasteiger partial charge on any atom is -0.366 e. The van der Waals surface area contributed by atoms with Crippen LogP contribution in [0.15, 0.2) is 48.7 Å². The van der Waals surface area contributed by atoms with Gasteiger partial charge >= 0.3 is 0 Å². The number of carbonyl (C=O) groups is 2. The number of aromatic nitrogens is 1. The van der Waals surface area contributed by atoms with Crippen molar-refractivity contribution in [2.75, 3.05) is 31.1 Å². The van der Waals surface area contributed by atoms with Gasteiger partial charge < -0.3 is 9.80 Å². The van der Waals surface area contributed by atoms with Crippen molar-refractivity contribution in [2.45, 2.75) is 6.92 Å². The van der Waals surface area contributed by atoms with Crippen LogP contribution in [-0.4, -0.2) is 47.8 Å². The number of benzene rings is 2. The normalized spacial score (nSPS) is 14.3. The lowest BCUT2D eigenvalue weighted by atomic mass is 10.0. The molecule has 2 heterocycles. The van der Waals surface area contributed by atoms with Crippen LogP contribution in [0.4, 0.5) is 10.1 Å². The Morgan fingerprint density at radius 3 is 2.45 bits per heavy atom. The molecular weight excluding hydrogens is 393 g/mol. The molecule has 2 aromatic carbocycles. The zero-order valence-corrected chi connectivity index (χ0v) is 16.6. The van der Waals surface area contributed by atoms with Crippen molar-refractivity contribution in [2.24, 2.45) is 0 Å². The fourth-order valence-electron chi connectivity index (χ4n) is 3.71. The number of carbonyl (C=O) groups excluding carboxylic acids is 2. The number of pyridine rings is 1. The van der Waals surface area contributed by atoms with E-state index in [1.807, 2.05) is 11.0 Å². The van der Waals surface area contributed by atoms with Gasteiger partial charge in [-0.3, -0.25) is 14.6 Å². The molecular formula is C22H19ClFN3O2. The van der Waals surface area contributed by atoms with E-state index in [0.29, 0.717) is 42.3 Å². The standard InChI is InChI=1S/C22H19ClFN3O2/c1-14(28)17-13-18(23)15-6-4-8-25-20(15)21(17)26-9-11-27(12-10-26)22(29)16-5-2-3-7-19(16)24/h2-8,13H,9-12H2,1H3. The molecule has 0 aliphatic carbocycles. The maximum atomic E-state index is 14.0. The van der Waals surface area contributed by atoms with Crippen molar-refractivity contribution >= 4 is 39.9 Å². The van der Waals surface area contributed by atoms with Crippen LogP contribution in [-0.2, 0) is 0 Å². The predicted molar refractivity (Wildman–Crippen MR) is 111 cm³/mol. The minimum atomic E-state index is -0.522. The number of anilines is 1. The maximum Gasteiger partial charge on any atom is 0.256 e. The first-order chi connectivity index (χ1) is 14.0. The van der Waals surface area contributed by atoms with Crippen LogP contribution >= 0.6 is 11.6 Å². The summed E-state index contributed by atoms with van der Waals surface area (Å²) in [6.07, 6.45) is 1.67. The summed E-state index contributed by atoms with van der Waals surface area (Å²) in [5, 5.41) is 1.26.